The van der Waals surface area contributed by atoms with Gasteiger partial charge in [0.2, 0.25) is 0 Å². The molecule has 21 heavy (non-hydrogen) atoms. The number of likely N-dealkylation sites (N-methyl/N-ethyl adjacent to an activating group) is 1. The van der Waals surface area contributed by atoms with Crippen molar-refractivity contribution in [2.75, 3.05) is 20.2 Å². The highest BCUT2D eigenvalue weighted by Gasteiger charge is 2.39. The lowest BCUT2D eigenvalue weighted by molar-refractivity contribution is 0.0266. The van der Waals surface area contributed by atoms with E-state index < -0.39 is 0 Å². The molecule has 2 aliphatic rings. The van der Waals surface area contributed by atoms with Gasteiger partial charge in [0, 0.05) is 19.2 Å². The predicted octanol–water partition coefficient (Wildman–Crippen LogP) is 3.84. The molecule has 2 fully saturated rings. The van der Waals surface area contributed by atoms with Crippen molar-refractivity contribution in [3.05, 3.63) is 0 Å². The molecule has 120 valence electrons. The Morgan fingerprint density at radius 1 is 1.29 bits per heavy atom. The molecule has 0 aromatic carbocycles. The zero-order valence-corrected chi connectivity index (χ0v) is 14.3. The molecule has 3 nitrogen and oxygen atoms in total. The third-order valence-corrected chi connectivity index (χ3v) is 6.08. The van der Waals surface area contributed by atoms with Gasteiger partial charge in [-0.2, -0.15) is 5.26 Å². The lowest BCUT2D eigenvalue weighted by Gasteiger charge is -2.44. The molecule has 0 aromatic heterocycles. The van der Waals surface area contributed by atoms with Crippen LogP contribution in [0.4, 0.5) is 0 Å². The van der Waals surface area contributed by atoms with Gasteiger partial charge in [0.1, 0.15) is 0 Å². The van der Waals surface area contributed by atoms with E-state index in [9.17, 15) is 5.26 Å². The minimum Gasteiger partial charge on any atom is -0.377 e. The quantitative estimate of drug-likeness (QED) is 0.772. The van der Waals surface area contributed by atoms with Gasteiger partial charge in [0.15, 0.2) is 0 Å². The molecule has 0 amide bonds. The van der Waals surface area contributed by atoms with Crippen molar-refractivity contribution in [3.63, 3.8) is 0 Å². The predicted molar refractivity (Wildman–Crippen MR) is 85.9 cm³/mol. The molecule has 1 heterocycles. The molecule has 2 rings (SSSR count). The van der Waals surface area contributed by atoms with Crippen LogP contribution in [-0.4, -0.2) is 37.2 Å². The standard InChI is InChI=1S/C18H32N2O/c1-5-18(2,3)15-9-8-14(12-19)17(11-15)20(4)13-16-7-6-10-21-16/h14-17H,5-11,13H2,1-4H3. The molecule has 0 N–H and O–H groups in total. The van der Waals surface area contributed by atoms with Crippen molar-refractivity contribution in [2.45, 2.75) is 71.4 Å². The second kappa shape index (κ2) is 7.11. The molecule has 0 radical (unpaired) electrons. The third-order valence-electron chi connectivity index (χ3n) is 6.08. The topological polar surface area (TPSA) is 36.3 Å². The van der Waals surface area contributed by atoms with Crippen LogP contribution in [0.5, 0.6) is 0 Å². The van der Waals surface area contributed by atoms with Gasteiger partial charge in [0.05, 0.1) is 18.1 Å². The summed E-state index contributed by atoms with van der Waals surface area (Å²) in [7, 11) is 2.19. The van der Waals surface area contributed by atoms with Gasteiger partial charge < -0.3 is 4.74 Å². The SMILES string of the molecule is CCC(C)(C)C1CCC(C#N)C(N(C)CC2CCCO2)C1. The minimum atomic E-state index is 0.195. The van der Waals surface area contributed by atoms with Crippen LogP contribution in [-0.2, 0) is 4.74 Å². The second-order valence-electron chi connectivity index (χ2n) is 7.73. The third kappa shape index (κ3) is 3.99. The van der Waals surface area contributed by atoms with E-state index in [-0.39, 0.29) is 5.92 Å². The Morgan fingerprint density at radius 3 is 2.62 bits per heavy atom. The lowest BCUT2D eigenvalue weighted by atomic mass is 9.66. The molecule has 0 spiro atoms. The Kier molecular flexibility index (Phi) is 5.68. The summed E-state index contributed by atoms with van der Waals surface area (Å²) in [4.78, 5) is 2.42. The first-order chi connectivity index (χ1) is 9.97. The number of nitrogens with zero attached hydrogens (tertiary/aromatic N) is 2. The van der Waals surface area contributed by atoms with Gasteiger partial charge in [-0.1, -0.05) is 27.2 Å². The molecular weight excluding hydrogens is 260 g/mol. The fourth-order valence-electron chi connectivity index (χ4n) is 4.03. The number of hydrogen-bond acceptors (Lipinski definition) is 3. The van der Waals surface area contributed by atoms with Crippen molar-refractivity contribution in [1.29, 1.82) is 5.26 Å². The summed E-state index contributed by atoms with van der Waals surface area (Å²) in [6.07, 6.45) is 7.41. The average Bonchev–Trinajstić information content (AvgIpc) is 2.99. The second-order valence-corrected chi connectivity index (χ2v) is 7.73. The highest BCUT2D eigenvalue weighted by atomic mass is 16.5. The van der Waals surface area contributed by atoms with Gasteiger partial charge in [-0.25, -0.2) is 0 Å². The van der Waals surface area contributed by atoms with Gasteiger partial charge in [0.25, 0.3) is 0 Å². The molecule has 4 atom stereocenters. The maximum Gasteiger partial charge on any atom is 0.0702 e. The van der Waals surface area contributed by atoms with Crippen LogP contribution in [0.25, 0.3) is 0 Å². The summed E-state index contributed by atoms with van der Waals surface area (Å²) in [5, 5.41) is 9.51. The molecule has 1 aliphatic carbocycles. The molecule has 1 saturated heterocycles. The summed E-state index contributed by atoms with van der Waals surface area (Å²) in [6.45, 7) is 8.98. The maximum atomic E-state index is 9.51. The average molecular weight is 292 g/mol. The van der Waals surface area contributed by atoms with E-state index in [2.05, 4.69) is 38.8 Å². The number of hydrogen-bond donors (Lipinski definition) is 0. The molecular formula is C18H32N2O. The van der Waals surface area contributed by atoms with E-state index in [4.69, 9.17) is 4.74 Å². The Morgan fingerprint density at radius 2 is 2.05 bits per heavy atom. The van der Waals surface area contributed by atoms with Crippen molar-refractivity contribution in [3.8, 4) is 6.07 Å². The highest BCUT2D eigenvalue weighted by Crippen LogP contribution is 2.43. The molecule has 4 unspecified atom stereocenters. The zero-order chi connectivity index (χ0) is 15.5. The fraction of sp³-hybridized carbons (Fsp3) is 0.944. The van der Waals surface area contributed by atoms with Crippen molar-refractivity contribution < 1.29 is 4.74 Å². The van der Waals surface area contributed by atoms with Crippen molar-refractivity contribution in [1.82, 2.24) is 4.90 Å². The van der Waals surface area contributed by atoms with Crippen LogP contribution in [0.15, 0.2) is 0 Å². The normalized spacial score (nSPS) is 34.1. The molecule has 0 bridgehead atoms. The summed E-state index contributed by atoms with van der Waals surface area (Å²) in [5.41, 5.74) is 0.392. The van der Waals surface area contributed by atoms with E-state index in [1.54, 1.807) is 0 Å². The smallest absolute Gasteiger partial charge is 0.0702 e. The fourth-order valence-corrected chi connectivity index (χ4v) is 4.03. The van der Waals surface area contributed by atoms with E-state index in [0.717, 1.165) is 25.5 Å². The zero-order valence-electron chi connectivity index (χ0n) is 14.3. The van der Waals surface area contributed by atoms with Crippen LogP contribution in [0, 0.1) is 28.6 Å². The first kappa shape index (κ1) is 16.8. The van der Waals surface area contributed by atoms with Crippen LogP contribution < -0.4 is 0 Å². The van der Waals surface area contributed by atoms with Crippen molar-refractivity contribution >= 4 is 0 Å². The summed E-state index contributed by atoms with van der Waals surface area (Å²) in [6, 6.07) is 2.97. The lowest BCUT2D eigenvalue weighted by Crippen LogP contribution is -2.46. The molecule has 3 heteroatoms. The summed E-state index contributed by atoms with van der Waals surface area (Å²) < 4.78 is 5.77. The van der Waals surface area contributed by atoms with Gasteiger partial charge in [-0.15, -0.1) is 0 Å². The summed E-state index contributed by atoms with van der Waals surface area (Å²) in [5.74, 6) is 0.935. The largest absolute Gasteiger partial charge is 0.377 e. The first-order valence-electron chi connectivity index (χ1n) is 8.69. The Balaban J connectivity index is 2.00. The van der Waals surface area contributed by atoms with E-state index in [1.807, 2.05) is 0 Å². The summed E-state index contributed by atoms with van der Waals surface area (Å²) >= 11 is 0. The van der Waals surface area contributed by atoms with Crippen LogP contribution in [0.2, 0.25) is 0 Å². The van der Waals surface area contributed by atoms with E-state index in [1.165, 1.54) is 32.1 Å². The molecule has 1 saturated carbocycles. The number of rotatable bonds is 5. The Labute approximate surface area is 130 Å². The van der Waals surface area contributed by atoms with E-state index in [0.29, 0.717) is 17.6 Å². The van der Waals surface area contributed by atoms with Crippen LogP contribution in [0.3, 0.4) is 0 Å². The van der Waals surface area contributed by atoms with E-state index >= 15 is 0 Å². The maximum absolute atomic E-state index is 9.51. The van der Waals surface area contributed by atoms with Crippen LogP contribution in [0.1, 0.15) is 59.3 Å². The highest BCUT2D eigenvalue weighted by molar-refractivity contribution is 4.99. The van der Waals surface area contributed by atoms with Crippen molar-refractivity contribution in [2.24, 2.45) is 17.3 Å². The minimum absolute atomic E-state index is 0.195. The Bertz CT molecular complexity index is 368. The number of ether oxygens (including phenoxy) is 1. The molecule has 1 aliphatic heterocycles. The molecule has 0 aromatic rings. The number of nitriles is 1. The van der Waals surface area contributed by atoms with Gasteiger partial charge in [-0.05, 0) is 50.5 Å². The Hall–Kier alpha value is -0.590. The van der Waals surface area contributed by atoms with Crippen LogP contribution >= 0.6 is 0 Å². The van der Waals surface area contributed by atoms with Gasteiger partial charge in [-0.3, -0.25) is 4.90 Å². The van der Waals surface area contributed by atoms with Gasteiger partial charge >= 0.3 is 0 Å². The monoisotopic (exact) mass is 292 g/mol. The first-order valence-corrected chi connectivity index (χ1v) is 8.69.